The monoisotopic (exact) mass is 456 g/mol. The van der Waals surface area contributed by atoms with E-state index in [4.69, 9.17) is 16.3 Å². The Hall–Kier alpha value is -3.29. The number of nitrogens with one attached hydrogen (secondary N) is 2. The molecule has 0 unspecified atom stereocenters. The zero-order valence-electron chi connectivity index (χ0n) is 16.9. The number of hydrogen-bond donors (Lipinski definition) is 2. The number of rotatable bonds is 7. The lowest BCUT2D eigenvalue weighted by molar-refractivity contribution is -0.111. The number of amides is 1. The predicted octanol–water partition coefficient (Wildman–Crippen LogP) is 5.11. The number of carbonyl (C=O) groups excluding carboxylic acids is 1. The average molecular weight is 457 g/mol. The van der Waals surface area contributed by atoms with E-state index in [9.17, 15) is 13.2 Å². The van der Waals surface area contributed by atoms with Crippen LogP contribution in [0, 0.1) is 6.92 Å². The number of carbonyl (C=O) groups is 1. The van der Waals surface area contributed by atoms with Gasteiger partial charge in [-0.25, -0.2) is 8.42 Å². The summed E-state index contributed by atoms with van der Waals surface area (Å²) in [6.45, 7) is 1.78. The first kappa shape index (κ1) is 22.4. The first-order valence-electron chi connectivity index (χ1n) is 9.29. The summed E-state index contributed by atoms with van der Waals surface area (Å²) in [5.41, 5.74) is 2.26. The van der Waals surface area contributed by atoms with E-state index in [1.54, 1.807) is 56.5 Å². The molecule has 31 heavy (non-hydrogen) atoms. The number of ether oxygens (including phenoxy) is 1. The first-order chi connectivity index (χ1) is 14.8. The molecule has 0 fully saturated rings. The molecule has 0 saturated heterocycles. The van der Waals surface area contributed by atoms with Crippen LogP contribution in [0.25, 0.3) is 6.08 Å². The smallest absolute Gasteiger partial charge is 0.261 e. The van der Waals surface area contributed by atoms with Gasteiger partial charge in [-0.3, -0.25) is 9.52 Å². The first-order valence-corrected chi connectivity index (χ1v) is 11.2. The second-order valence-corrected chi connectivity index (χ2v) is 8.77. The van der Waals surface area contributed by atoms with Crippen molar-refractivity contribution in [2.24, 2.45) is 0 Å². The number of benzene rings is 3. The second kappa shape index (κ2) is 9.68. The Balaban J connectivity index is 1.78. The van der Waals surface area contributed by atoms with E-state index in [1.807, 2.05) is 18.2 Å². The molecule has 0 radical (unpaired) electrons. The van der Waals surface area contributed by atoms with Crippen LogP contribution in [0.5, 0.6) is 5.75 Å². The molecule has 160 valence electrons. The van der Waals surface area contributed by atoms with Crippen LogP contribution < -0.4 is 14.8 Å². The van der Waals surface area contributed by atoms with Gasteiger partial charge in [-0.1, -0.05) is 35.9 Å². The molecule has 8 heteroatoms. The Labute approximate surface area is 186 Å². The third-order valence-corrected chi connectivity index (χ3v) is 6.06. The topological polar surface area (TPSA) is 84.5 Å². The van der Waals surface area contributed by atoms with Crippen molar-refractivity contribution in [1.82, 2.24) is 0 Å². The molecule has 0 atom stereocenters. The molecule has 3 aromatic rings. The van der Waals surface area contributed by atoms with Crippen LogP contribution in [-0.4, -0.2) is 21.4 Å². The highest BCUT2D eigenvalue weighted by atomic mass is 35.5. The van der Waals surface area contributed by atoms with Crippen molar-refractivity contribution >= 4 is 45.0 Å². The molecular formula is C23H21ClN2O4S. The predicted molar refractivity (Wildman–Crippen MR) is 124 cm³/mol. The maximum absolute atomic E-state index is 12.7. The maximum atomic E-state index is 12.7. The van der Waals surface area contributed by atoms with Crippen molar-refractivity contribution in [3.63, 3.8) is 0 Å². The van der Waals surface area contributed by atoms with Crippen molar-refractivity contribution in [2.75, 3.05) is 17.1 Å². The molecule has 0 aromatic heterocycles. The number of sulfonamides is 1. The van der Waals surface area contributed by atoms with Gasteiger partial charge in [0.15, 0.2) is 0 Å². The highest BCUT2D eigenvalue weighted by Gasteiger charge is 2.16. The molecule has 0 aliphatic rings. The fourth-order valence-electron chi connectivity index (χ4n) is 2.78. The van der Waals surface area contributed by atoms with Gasteiger partial charge in [0.2, 0.25) is 5.91 Å². The Morgan fingerprint density at radius 3 is 2.45 bits per heavy atom. The summed E-state index contributed by atoms with van der Waals surface area (Å²) in [6.07, 6.45) is 3.00. The largest absolute Gasteiger partial charge is 0.496 e. The second-order valence-electron chi connectivity index (χ2n) is 6.65. The fraction of sp³-hybridized carbons (Fsp3) is 0.0870. The summed E-state index contributed by atoms with van der Waals surface area (Å²) >= 11 is 5.84. The number of hydrogen-bond acceptors (Lipinski definition) is 4. The summed E-state index contributed by atoms with van der Waals surface area (Å²) < 4.78 is 33.2. The third-order valence-electron chi connectivity index (χ3n) is 4.43. The standard InChI is InChI=1S/C23H21ClN2O4S/c1-16-7-13-20(31(28,29)26-19-11-9-18(24)10-12-19)15-21(16)25-23(27)14-8-17-5-3-4-6-22(17)30-2/h3-15,26H,1-2H3,(H,25,27)/b14-8+. The molecule has 0 aliphatic heterocycles. The average Bonchev–Trinajstić information content (AvgIpc) is 2.75. The van der Waals surface area contributed by atoms with Crippen LogP contribution in [0.4, 0.5) is 11.4 Å². The van der Waals surface area contributed by atoms with Crippen LogP contribution in [0.1, 0.15) is 11.1 Å². The summed E-state index contributed by atoms with van der Waals surface area (Å²) in [7, 11) is -2.29. The van der Waals surface area contributed by atoms with Gasteiger partial charge in [-0.05, 0) is 61.0 Å². The molecule has 0 spiro atoms. The van der Waals surface area contributed by atoms with Gasteiger partial charge in [-0.2, -0.15) is 0 Å². The van der Waals surface area contributed by atoms with Crippen molar-refractivity contribution in [2.45, 2.75) is 11.8 Å². The molecule has 0 heterocycles. The molecule has 1 amide bonds. The van der Waals surface area contributed by atoms with E-state index < -0.39 is 15.9 Å². The quantitative estimate of drug-likeness (QED) is 0.484. The highest BCUT2D eigenvalue weighted by molar-refractivity contribution is 7.92. The molecule has 2 N–H and O–H groups in total. The number of methoxy groups -OCH3 is 1. The highest BCUT2D eigenvalue weighted by Crippen LogP contribution is 2.24. The SMILES string of the molecule is COc1ccccc1/C=C/C(=O)Nc1cc(S(=O)(=O)Nc2ccc(Cl)cc2)ccc1C. The zero-order valence-corrected chi connectivity index (χ0v) is 18.5. The van der Waals surface area contributed by atoms with Crippen LogP contribution >= 0.6 is 11.6 Å². The Morgan fingerprint density at radius 1 is 1.03 bits per heavy atom. The minimum Gasteiger partial charge on any atom is -0.496 e. The van der Waals surface area contributed by atoms with Crippen molar-refractivity contribution in [1.29, 1.82) is 0 Å². The maximum Gasteiger partial charge on any atom is 0.261 e. The summed E-state index contributed by atoms with van der Waals surface area (Å²) in [5.74, 6) is 0.248. The molecular weight excluding hydrogens is 436 g/mol. The molecule has 0 bridgehead atoms. The van der Waals surface area contributed by atoms with Gasteiger partial charge < -0.3 is 10.1 Å². The van der Waals surface area contributed by atoms with Gasteiger partial charge in [0.1, 0.15) is 5.75 Å². The summed E-state index contributed by atoms with van der Waals surface area (Å²) in [6, 6.07) is 18.1. The molecule has 3 rings (SSSR count). The van der Waals surface area contributed by atoms with E-state index in [0.717, 1.165) is 11.1 Å². The minimum atomic E-state index is -3.84. The van der Waals surface area contributed by atoms with E-state index >= 15 is 0 Å². The Morgan fingerprint density at radius 2 is 1.74 bits per heavy atom. The van der Waals surface area contributed by atoms with Gasteiger partial charge in [0.25, 0.3) is 10.0 Å². The van der Waals surface area contributed by atoms with Crippen molar-refractivity contribution < 1.29 is 17.9 Å². The van der Waals surface area contributed by atoms with Gasteiger partial charge >= 0.3 is 0 Å². The van der Waals surface area contributed by atoms with Gasteiger partial charge in [-0.15, -0.1) is 0 Å². The van der Waals surface area contributed by atoms with E-state index in [2.05, 4.69) is 10.0 Å². The zero-order chi connectivity index (χ0) is 22.4. The van der Waals surface area contributed by atoms with Crippen LogP contribution in [0.2, 0.25) is 5.02 Å². The summed E-state index contributed by atoms with van der Waals surface area (Å²) in [5, 5.41) is 3.23. The van der Waals surface area contributed by atoms with Crippen LogP contribution in [0.15, 0.2) is 77.7 Å². The van der Waals surface area contributed by atoms with E-state index in [-0.39, 0.29) is 4.90 Å². The van der Waals surface area contributed by atoms with Gasteiger partial charge in [0, 0.05) is 28.0 Å². The Kier molecular flexibility index (Phi) is 6.99. The molecule has 3 aromatic carbocycles. The normalized spacial score (nSPS) is 11.3. The van der Waals surface area contributed by atoms with E-state index in [0.29, 0.717) is 22.1 Å². The number of anilines is 2. The summed E-state index contributed by atoms with van der Waals surface area (Å²) in [4.78, 5) is 12.4. The van der Waals surface area contributed by atoms with Crippen LogP contribution in [0.3, 0.4) is 0 Å². The van der Waals surface area contributed by atoms with Crippen LogP contribution in [-0.2, 0) is 14.8 Å². The molecule has 0 saturated carbocycles. The Bertz CT molecular complexity index is 1220. The third kappa shape index (κ3) is 5.87. The van der Waals surface area contributed by atoms with Crippen molar-refractivity contribution in [3.05, 3.63) is 89.0 Å². The molecule has 6 nitrogen and oxygen atoms in total. The fourth-order valence-corrected chi connectivity index (χ4v) is 3.99. The number of para-hydroxylation sites is 1. The van der Waals surface area contributed by atoms with Crippen molar-refractivity contribution in [3.8, 4) is 5.75 Å². The van der Waals surface area contributed by atoms with Gasteiger partial charge in [0.05, 0.1) is 12.0 Å². The lowest BCUT2D eigenvalue weighted by atomic mass is 10.1. The number of aryl methyl sites for hydroxylation is 1. The lowest BCUT2D eigenvalue weighted by Gasteiger charge is -2.12. The molecule has 0 aliphatic carbocycles. The minimum absolute atomic E-state index is 0.0251. The van der Waals surface area contributed by atoms with E-state index in [1.165, 1.54) is 18.2 Å². The number of halogens is 1. The lowest BCUT2D eigenvalue weighted by Crippen LogP contribution is -2.14.